The van der Waals surface area contributed by atoms with Crippen molar-refractivity contribution in [2.45, 2.75) is 32.3 Å². The maximum atomic E-state index is 11.9. The summed E-state index contributed by atoms with van der Waals surface area (Å²) in [6.45, 7) is 7.23. The molecule has 0 spiro atoms. The lowest BCUT2D eigenvalue weighted by Gasteiger charge is -2.25. The van der Waals surface area contributed by atoms with Gasteiger partial charge >= 0.3 is 6.09 Å². The third-order valence-electron chi connectivity index (χ3n) is 3.64. The van der Waals surface area contributed by atoms with Crippen LogP contribution in [0.4, 0.5) is 4.79 Å². The molecule has 0 bridgehead atoms. The van der Waals surface area contributed by atoms with E-state index in [9.17, 15) is 4.79 Å². The molecule has 1 saturated carbocycles. The van der Waals surface area contributed by atoms with Crippen molar-refractivity contribution in [3.63, 3.8) is 0 Å². The minimum absolute atomic E-state index is 0.198. The number of carbonyl (C=O) groups excluding carboxylic acids is 1. The highest BCUT2D eigenvalue weighted by molar-refractivity contribution is 5.69. The minimum atomic E-state index is -0.420. The summed E-state index contributed by atoms with van der Waals surface area (Å²) >= 11 is 0. The number of rotatable bonds is 1. The Morgan fingerprint density at radius 3 is 2.61 bits per heavy atom. The molecule has 2 unspecified atom stereocenters. The van der Waals surface area contributed by atoms with Gasteiger partial charge in [-0.1, -0.05) is 5.21 Å². The largest absolute Gasteiger partial charge is 0.444 e. The first-order valence-corrected chi connectivity index (χ1v) is 6.29. The molecular formula is C12H18N4O2. The Morgan fingerprint density at radius 2 is 2.11 bits per heavy atom. The van der Waals surface area contributed by atoms with E-state index in [0.717, 1.165) is 18.8 Å². The Balaban J connectivity index is 1.56. The summed E-state index contributed by atoms with van der Waals surface area (Å²) in [4.78, 5) is 13.7. The van der Waals surface area contributed by atoms with E-state index in [1.54, 1.807) is 11.1 Å². The van der Waals surface area contributed by atoms with Crippen LogP contribution in [0.3, 0.4) is 0 Å². The van der Waals surface area contributed by atoms with E-state index in [-0.39, 0.29) is 6.09 Å². The van der Waals surface area contributed by atoms with Gasteiger partial charge in [0.05, 0.1) is 11.9 Å². The number of piperidine rings is 1. The Hall–Kier alpha value is -1.59. The Labute approximate surface area is 106 Å². The number of H-pyrrole nitrogens is 1. The van der Waals surface area contributed by atoms with Gasteiger partial charge in [0.25, 0.3) is 0 Å². The molecule has 3 rings (SSSR count). The van der Waals surface area contributed by atoms with Gasteiger partial charge < -0.3 is 9.64 Å². The van der Waals surface area contributed by atoms with Crippen LogP contribution >= 0.6 is 0 Å². The number of carbonyl (C=O) groups is 1. The van der Waals surface area contributed by atoms with Gasteiger partial charge in [-0.2, -0.15) is 0 Å². The summed E-state index contributed by atoms with van der Waals surface area (Å²) in [5.41, 5.74) is 0.671. The van der Waals surface area contributed by atoms with Crippen LogP contribution in [-0.4, -0.2) is 45.1 Å². The van der Waals surface area contributed by atoms with Crippen LogP contribution in [0.15, 0.2) is 6.20 Å². The molecule has 2 atom stereocenters. The zero-order chi connectivity index (χ0) is 12.9. The first-order chi connectivity index (χ1) is 8.46. The van der Waals surface area contributed by atoms with Crippen molar-refractivity contribution in [3.05, 3.63) is 11.9 Å². The summed E-state index contributed by atoms with van der Waals surface area (Å²) in [6.07, 6.45) is 1.58. The predicted molar refractivity (Wildman–Crippen MR) is 63.9 cm³/mol. The van der Waals surface area contributed by atoms with Crippen molar-refractivity contribution >= 4 is 6.09 Å². The zero-order valence-corrected chi connectivity index (χ0v) is 10.9. The smallest absolute Gasteiger partial charge is 0.410 e. The highest BCUT2D eigenvalue weighted by Gasteiger charge is 2.58. The lowest BCUT2D eigenvalue weighted by Crippen LogP contribution is -2.36. The fraction of sp³-hybridized carbons (Fsp3) is 0.750. The standard InChI is InChI=1S/C12H18N4O2/c1-12(2,3)18-11(17)16-5-7-8(6-16)10(7)9-4-13-15-14-9/h4,7-8,10H,5-6H2,1-3H3,(H,13,14,15). The second kappa shape index (κ2) is 3.70. The van der Waals surface area contributed by atoms with E-state index >= 15 is 0 Å². The summed E-state index contributed by atoms with van der Waals surface area (Å²) < 4.78 is 5.37. The molecule has 1 saturated heterocycles. The maximum absolute atomic E-state index is 11.9. The topological polar surface area (TPSA) is 71.1 Å². The SMILES string of the molecule is CC(C)(C)OC(=O)N1CC2C(C1)C2c1cnn[nH]1. The molecule has 2 aliphatic rings. The number of aromatic amines is 1. The monoisotopic (exact) mass is 250 g/mol. The molecule has 6 nitrogen and oxygen atoms in total. The van der Waals surface area contributed by atoms with E-state index in [0.29, 0.717) is 17.8 Å². The average Bonchev–Trinajstić information content (AvgIpc) is 2.76. The molecule has 1 aromatic heterocycles. The molecule has 2 fully saturated rings. The molecule has 18 heavy (non-hydrogen) atoms. The second-order valence-electron chi connectivity index (χ2n) is 6.15. The number of nitrogens with one attached hydrogen (secondary N) is 1. The van der Waals surface area contributed by atoms with E-state index in [4.69, 9.17) is 4.74 Å². The van der Waals surface area contributed by atoms with Crippen molar-refractivity contribution in [1.29, 1.82) is 0 Å². The summed E-state index contributed by atoms with van der Waals surface area (Å²) in [7, 11) is 0. The third-order valence-corrected chi connectivity index (χ3v) is 3.64. The van der Waals surface area contributed by atoms with Gasteiger partial charge in [0.2, 0.25) is 0 Å². The van der Waals surface area contributed by atoms with E-state index in [2.05, 4.69) is 15.4 Å². The van der Waals surface area contributed by atoms with Crippen LogP contribution in [0.5, 0.6) is 0 Å². The molecule has 98 valence electrons. The first kappa shape index (κ1) is 11.5. The van der Waals surface area contributed by atoms with Gasteiger partial charge in [0.15, 0.2) is 0 Å². The van der Waals surface area contributed by atoms with Crippen molar-refractivity contribution in [2.24, 2.45) is 11.8 Å². The van der Waals surface area contributed by atoms with E-state index in [1.807, 2.05) is 20.8 Å². The van der Waals surface area contributed by atoms with Crippen LogP contribution in [0.1, 0.15) is 32.4 Å². The fourth-order valence-electron chi connectivity index (χ4n) is 2.83. The van der Waals surface area contributed by atoms with Gasteiger partial charge in [0.1, 0.15) is 5.60 Å². The fourth-order valence-corrected chi connectivity index (χ4v) is 2.83. The molecule has 1 aliphatic heterocycles. The molecular weight excluding hydrogens is 232 g/mol. The Morgan fingerprint density at radius 1 is 1.44 bits per heavy atom. The lowest BCUT2D eigenvalue weighted by atomic mass is 10.2. The van der Waals surface area contributed by atoms with Gasteiger partial charge in [0, 0.05) is 19.0 Å². The number of hydrogen-bond acceptors (Lipinski definition) is 4. The first-order valence-electron chi connectivity index (χ1n) is 6.29. The lowest BCUT2D eigenvalue weighted by molar-refractivity contribution is 0.0271. The van der Waals surface area contributed by atoms with Crippen LogP contribution in [0.25, 0.3) is 0 Å². The molecule has 0 aromatic carbocycles. The number of nitrogens with zero attached hydrogens (tertiary/aromatic N) is 3. The summed E-state index contributed by atoms with van der Waals surface area (Å²) in [6, 6.07) is 0. The zero-order valence-electron chi connectivity index (χ0n) is 10.9. The van der Waals surface area contributed by atoms with Gasteiger partial charge in [-0.15, -0.1) is 5.10 Å². The normalized spacial score (nSPS) is 30.2. The Kier molecular flexibility index (Phi) is 2.36. The van der Waals surface area contributed by atoms with E-state index < -0.39 is 5.60 Å². The molecule has 1 aromatic rings. The molecule has 1 amide bonds. The van der Waals surface area contributed by atoms with Crippen LogP contribution in [-0.2, 0) is 4.74 Å². The molecule has 1 aliphatic carbocycles. The van der Waals surface area contributed by atoms with Crippen molar-refractivity contribution in [1.82, 2.24) is 20.3 Å². The Bertz CT molecular complexity index is 439. The number of fused-ring (bicyclic) bond motifs is 1. The number of likely N-dealkylation sites (tertiary alicyclic amines) is 1. The van der Waals surface area contributed by atoms with Gasteiger partial charge in [-0.3, -0.25) is 5.10 Å². The number of hydrogen-bond donors (Lipinski definition) is 1. The van der Waals surface area contributed by atoms with Gasteiger partial charge in [-0.25, -0.2) is 4.79 Å². The van der Waals surface area contributed by atoms with Crippen LogP contribution < -0.4 is 0 Å². The van der Waals surface area contributed by atoms with Crippen molar-refractivity contribution < 1.29 is 9.53 Å². The minimum Gasteiger partial charge on any atom is -0.444 e. The van der Waals surface area contributed by atoms with Crippen LogP contribution in [0, 0.1) is 11.8 Å². The second-order valence-corrected chi connectivity index (χ2v) is 6.15. The molecule has 1 N–H and O–H groups in total. The quantitative estimate of drug-likeness (QED) is 0.817. The highest BCUT2D eigenvalue weighted by atomic mass is 16.6. The third kappa shape index (κ3) is 1.95. The van der Waals surface area contributed by atoms with Crippen molar-refractivity contribution in [3.8, 4) is 0 Å². The number of ether oxygens (including phenoxy) is 1. The molecule has 2 heterocycles. The number of aromatic nitrogens is 3. The maximum Gasteiger partial charge on any atom is 0.410 e. The summed E-state index contributed by atoms with van der Waals surface area (Å²) in [5, 5.41) is 10.4. The van der Waals surface area contributed by atoms with Crippen LogP contribution in [0.2, 0.25) is 0 Å². The molecule has 6 heteroatoms. The van der Waals surface area contributed by atoms with E-state index in [1.165, 1.54) is 0 Å². The van der Waals surface area contributed by atoms with Gasteiger partial charge in [-0.05, 0) is 32.6 Å². The number of amides is 1. The predicted octanol–water partition coefficient (Wildman–Crippen LogP) is 1.38. The average molecular weight is 250 g/mol. The summed E-state index contributed by atoms with van der Waals surface area (Å²) in [5.74, 6) is 1.58. The molecule has 0 radical (unpaired) electrons. The highest BCUT2D eigenvalue weighted by Crippen LogP contribution is 2.57. The van der Waals surface area contributed by atoms with Crippen molar-refractivity contribution in [2.75, 3.05) is 13.1 Å².